The van der Waals surface area contributed by atoms with Crippen LogP contribution in [0, 0.1) is 18.8 Å². The van der Waals surface area contributed by atoms with Gasteiger partial charge in [-0.25, -0.2) is 14.8 Å². The number of hydrogen-bond donors (Lipinski definition) is 0. The van der Waals surface area contributed by atoms with E-state index in [0.717, 1.165) is 30.7 Å². The van der Waals surface area contributed by atoms with Crippen molar-refractivity contribution in [3.63, 3.8) is 0 Å². The third-order valence-electron chi connectivity index (χ3n) is 4.32. The Balaban J connectivity index is 1.91. The lowest BCUT2D eigenvalue weighted by Crippen LogP contribution is -2.25. The number of anilines is 1. The number of fused-ring (bicyclic) bond motifs is 1. The van der Waals surface area contributed by atoms with Gasteiger partial charge in [-0.1, -0.05) is 6.42 Å². The highest BCUT2D eigenvalue weighted by atomic mass is 16.5. The molecular formula is C14H19N3O2. The normalized spacial score (nSPS) is 25.5. The molecule has 1 aromatic heterocycles. The molecule has 0 spiro atoms. The summed E-state index contributed by atoms with van der Waals surface area (Å²) in [6.45, 7) is 3.86. The Bertz CT molecular complexity index is 491. The van der Waals surface area contributed by atoms with E-state index in [1.165, 1.54) is 26.4 Å². The molecule has 0 bridgehead atoms. The van der Waals surface area contributed by atoms with Crippen molar-refractivity contribution >= 4 is 11.8 Å². The molecule has 0 radical (unpaired) electrons. The van der Waals surface area contributed by atoms with Crippen molar-refractivity contribution in [1.82, 2.24) is 9.97 Å². The van der Waals surface area contributed by atoms with Gasteiger partial charge in [0.2, 0.25) is 0 Å². The minimum atomic E-state index is -0.355. The van der Waals surface area contributed by atoms with Crippen molar-refractivity contribution < 1.29 is 9.53 Å². The maximum absolute atomic E-state index is 11.8. The van der Waals surface area contributed by atoms with Gasteiger partial charge in [-0.2, -0.15) is 0 Å². The Morgan fingerprint density at radius 1 is 1.37 bits per heavy atom. The molecule has 2 atom stereocenters. The molecule has 1 aliphatic heterocycles. The lowest BCUT2D eigenvalue weighted by molar-refractivity contribution is 0.0600. The largest absolute Gasteiger partial charge is 0.465 e. The average molecular weight is 261 g/mol. The zero-order chi connectivity index (χ0) is 13.4. The van der Waals surface area contributed by atoms with Crippen molar-refractivity contribution in [2.24, 2.45) is 11.8 Å². The van der Waals surface area contributed by atoms with Crippen molar-refractivity contribution in [1.29, 1.82) is 0 Å². The predicted octanol–water partition coefficient (Wildman–Crippen LogP) is 1.81. The summed E-state index contributed by atoms with van der Waals surface area (Å²) in [6, 6.07) is 0. The van der Waals surface area contributed by atoms with Crippen LogP contribution in [0.25, 0.3) is 0 Å². The fraction of sp³-hybridized carbons (Fsp3) is 0.643. The molecule has 19 heavy (non-hydrogen) atoms. The first-order valence-corrected chi connectivity index (χ1v) is 6.86. The molecule has 5 heteroatoms. The summed E-state index contributed by atoms with van der Waals surface area (Å²) in [5, 5.41) is 0. The minimum Gasteiger partial charge on any atom is -0.465 e. The van der Waals surface area contributed by atoms with Crippen LogP contribution < -0.4 is 4.90 Å². The number of rotatable bonds is 2. The third-order valence-corrected chi connectivity index (χ3v) is 4.32. The van der Waals surface area contributed by atoms with Crippen LogP contribution >= 0.6 is 0 Å². The van der Waals surface area contributed by atoms with Gasteiger partial charge in [-0.05, 0) is 31.6 Å². The van der Waals surface area contributed by atoms with E-state index in [1.807, 2.05) is 6.92 Å². The van der Waals surface area contributed by atoms with E-state index in [0.29, 0.717) is 11.4 Å². The van der Waals surface area contributed by atoms with Crippen LogP contribution in [0.2, 0.25) is 0 Å². The molecule has 2 aliphatic rings. The zero-order valence-electron chi connectivity index (χ0n) is 11.4. The number of carbonyl (C=O) groups excluding carboxylic acids is 1. The number of carbonyl (C=O) groups is 1. The summed E-state index contributed by atoms with van der Waals surface area (Å²) in [6.07, 6.45) is 5.53. The Hall–Kier alpha value is -1.65. The number of ether oxygens (including phenoxy) is 1. The number of aryl methyl sites for hydroxylation is 1. The number of aromatic nitrogens is 2. The average Bonchev–Trinajstić information content (AvgIpc) is 2.98. The van der Waals surface area contributed by atoms with E-state index in [2.05, 4.69) is 14.9 Å². The monoisotopic (exact) mass is 261 g/mol. The first kappa shape index (κ1) is 12.4. The summed E-state index contributed by atoms with van der Waals surface area (Å²) >= 11 is 0. The van der Waals surface area contributed by atoms with E-state index in [1.54, 1.807) is 6.20 Å². The quantitative estimate of drug-likeness (QED) is 0.760. The molecule has 2 unspecified atom stereocenters. The molecule has 0 N–H and O–H groups in total. The first-order chi connectivity index (χ1) is 9.19. The number of methoxy groups -OCH3 is 1. The van der Waals surface area contributed by atoms with Crippen LogP contribution in [-0.4, -0.2) is 36.1 Å². The van der Waals surface area contributed by atoms with Crippen molar-refractivity contribution in [3.8, 4) is 0 Å². The fourth-order valence-corrected chi connectivity index (χ4v) is 3.36. The SMILES string of the molecule is COC(=O)c1cnc(C)nc1N1CC2CCCC2C1. The topological polar surface area (TPSA) is 55.3 Å². The number of esters is 1. The van der Waals surface area contributed by atoms with Crippen molar-refractivity contribution in [2.75, 3.05) is 25.1 Å². The molecule has 0 amide bonds. The van der Waals surface area contributed by atoms with Gasteiger partial charge in [0.25, 0.3) is 0 Å². The second-order valence-corrected chi connectivity index (χ2v) is 5.50. The van der Waals surface area contributed by atoms with E-state index < -0.39 is 0 Å². The summed E-state index contributed by atoms with van der Waals surface area (Å²) in [5.74, 6) is 2.61. The van der Waals surface area contributed by atoms with E-state index in [4.69, 9.17) is 4.74 Å². The summed E-state index contributed by atoms with van der Waals surface area (Å²) in [4.78, 5) is 22.6. The molecule has 3 rings (SSSR count). The highest BCUT2D eigenvalue weighted by molar-refractivity contribution is 5.94. The van der Waals surface area contributed by atoms with Crippen LogP contribution in [-0.2, 0) is 4.74 Å². The minimum absolute atomic E-state index is 0.355. The number of hydrogen-bond acceptors (Lipinski definition) is 5. The standard InChI is InChI=1S/C14H19N3O2/c1-9-15-6-12(14(18)19-2)13(16-9)17-7-10-4-3-5-11(10)8-17/h6,10-11H,3-5,7-8H2,1-2H3. The molecule has 1 saturated carbocycles. The predicted molar refractivity (Wildman–Crippen MR) is 71.2 cm³/mol. The fourth-order valence-electron chi connectivity index (χ4n) is 3.36. The summed E-state index contributed by atoms with van der Waals surface area (Å²) < 4.78 is 4.82. The van der Waals surface area contributed by atoms with E-state index >= 15 is 0 Å². The summed E-state index contributed by atoms with van der Waals surface area (Å²) in [7, 11) is 1.39. The van der Waals surface area contributed by atoms with Gasteiger partial charge in [0, 0.05) is 19.3 Å². The third kappa shape index (κ3) is 2.17. The van der Waals surface area contributed by atoms with E-state index in [-0.39, 0.29) is 5.97 Å². The molecule has 1 saturated heterocycles. The van der Waals surface area contributed by atoms with Gasteiger partial charge in [0.05, 0.1) is 7.11 Å². The van der Waals surface area contributed by atoms with Gasteiger partial charge in [-0.15, -0.1) is 0 Å². The Morgan fingerprint density at radius 2 is 2.05 bits per heavy atom. The molecule has 5 nitrogen and oxygen atoms in total. The smallest absolute Gasteiger partial charge is 0.343 e. The van der Waals surface area contributed by atoms with Crippen LogP contribution in [0.5, 0.6) is 0 Å². The lowest BCUT2D eigenvalue weighted by atomic mass is 10.0. The summed E-state index contributed by atoms with van der Waals surface area (Å²) in [5.41, 5.74) is 0.480. The van der Waals surface area contributed by atoms with E-state index in [9.17, 15) is 4.79 Å². The second kappa shape index (κ2) is 4.79. The van der Waals surface area contributed by atoms with Gasteiger partial charge in [0.15, 0.2) is 0 Å². The first-order valence-electron chi connectivity index (χ1n) is 6.86. The highest BCUT2D eigenvalue weighted by Gasteiger charge is 2.37. The molecule has 0 aromatic carbocycles. The van der Waals surface area contributed by atoms with Crippen LogP contribution in [0.3, 0.4) is 0 Å². The molecular weight excluding hydrogens is 242 g/mol. The van der Waals surface area contributed by atoms with Gasteiger partial charge in [0.1, 0.15) is 17.2 Å². The lowest BCUT2D eigenvalue weighted by Gasteiger charge is -2.20. The van der Waals surface area contributed by atoms with Crippen molar-refractivity contribution in [2.45, 2.75) is 26.2 Å². The van der Waals surface area contributed by atoms with Gasteiger partial charge in [-0.3, -0.25) is 0 Å². The van der Waals surface area contributed by atoms with Crippen LogP contribution in [0.15, 0.2) is 6.20 Å². The molecule has 2 heterocycles. The Kier molecular flexibility index (Phi) is 3.12. The maximum atomic E-state index is 11.8. The highest BCUT2D eigenvalue weighted by Crippen LogP contribution is 2.39. The van der Waals surface area contributed by atoms with Crippen LogP contribution in [0.1, 0.15) is 35.4 Å². The molecule has 102 valence electrons. The Morgan fingerprint density at radius 3 is 2.68 bits per heavy atom. The molecule has 1 aliphatic carbocycles. The zero-order valence-corrected chi connectivity index (χ0v) is 11.4. The van der Waals surface area contributed by atoms with Gasteiger partial charge >= 0.3 is 5.97 Å². The molecule has 1 aromatic rings. The van der Waals surface area contributed by atoms with Crippen LogP contribution in [0.4, 0.5) is 5.82 Å². The Labute approximate surface area is 113 Å². The van der Waals surface area contributed by atoms with Gasteiger partial charge < -0.3 is 9.64 Å². The maximum Gasteiger partial charge on any atom is 0.343 e. The molecule has 2 fully saturated rings. The second-order valence-electron chi connectivity index (χ2n) is 5.50. The van der Waals surface area contributed by atoms with Crippen molar-refractivity contribution in [3.05, 3.63) is 17.6 Å². The number of nitrogens with zero attached hydrogens (tertiary/aromatic N) is 3.